The zero-order valence-corrected chi connectivity index (χ0v) is 11.9. The molecular formula is C13H9Cl3N2O. The Kier molecular flexibility index (Phi) is 4.30. The monoisotopic (exact) mass is 314 g/mol. The largest absolute Gasteiger partial charge is 0.384 e. The Morgan fingerprint density at radius 2 is 1.79 bits per heavy atom. The van der Waals surface area contributed by atoms with Crippen LogP contribution in [0.2, 0.25) is 15.1 Å². The van der Waals surface area contributed by atoms with E-state index in [0.717, 1.165) is 0 Å². The number of nitrogens with two attached hydrogens (primary N) is 1. The van der Waals surface area contributed by atoms with Gasteiger partial charge in [-0.25, -0.2) is 4.98 Å². The van der Waals surface area contributed by atoms with Gasteiger partial charge in [0.2, 0.25) is 0 Å². The van der Waals surface area contributed by atoms with Crippen LogP contribution < -0.4 is 5.73 Å². The van der Waals surface area contributed by atoms with Crippen molar-refractivity contribution in [3.63, 3.8) is 0 Å². The second-order valence-electron chi connectivity index (χ2n) is 3.90. The Morgan fingerprint density at radius 3 is 2.37 bits per heavy atom. The third kappa shape index (κ3) is 3.38. The fourth-order valence-corrected chi connectivity index (χ4v) is 2.69. The van der Waals surface area contributed by atoms with Crippen molar-refractivity contribution in [2.24, 2.45) is 0 Å². The van der Waals surface area contributed by atoms with Crippen molar-refractivity contribution in [1.82, 2.24) is 4.98 Å². The average molecular weight is 316 g/mol. The molecule has 0 spiro atoms. The molecule has 2 N–H and O–H groups in total. The highest BCUT2D eigenvalue weighted by Crippen LogP contribution is 2.29. The molecule has 1 aromatic heterocycles. The summed E-state index contributed by atoms with van der Waals surface area (Å²) < 4.78 is 0. The molecule has 1 heterocycles. The number of ketones is 1. The lowest BCUT2D eigenvalue weighted by Gasteiger charge is -2.07. The first-order chi connectivity index (χ1) is 8.97. The summed E-state index contributed by atoms with van der Waals surface area (Å²) in [6, 6.07) is 8.06. The standard InChI is InChI=1S/C13H9Cl3N2O/c14-7-4-9(15)13(10(16)5-7)11(19)6-8-2-1-3-12(17)18-8/h1-5H,6H2,(H2,17,18). The van der Waals surface area contributed by atoms with Gasteiger partial charge in [0.1, 0.15) is 5.82 Å². The van der Waals surface area contributed by atoms with Crippen LogP contribution in [0.25, 0.3) is 0 Å². The summed E-state index contributed by atoms with van der Waals surface area (Å²) in [6.45, 7) is 0. The maximum Gasteiger partial charge on any atom is 0.171 e. The fourth-order valence-electron chi connectivity index (χ4n) is 1.66. The Morgan fingerprint density at radius 1 is 1.16 bits per heavy atom. The molecule has 0 bridgehead atoms. The summed E-state index contributed by atoms with van der Waals surface area (Å²) in [4.78, 5) is 16.2. The number of anilines is 1. The van der Waals surface area contributed by atoms with Crippen molar-refractivity contribution in [1.29, 1.82) is 0 Å². The lowest BCUT2D eigenvalue weighted by molar-refractivity contribution is 0.0992. The van der Waals surface area contributed by atoms with E-state index in [4.69, 9.17) is 40.5 Å². The number of hydrogen-bond donors (Lipinski definition) is 1. The van der Waals surface area contributed by atoms with Gasteiger partial charge in [0.05, 0.1) is 27.7 Å². The summed E-state index contributed by atoms with van der Waals surface area (Å²) >= 11 is 17.8. The lowest BCUT2D eigenvalue weighted by atomic mass is 10.1. The third-order valence-electron chi connectivity index (χ3n) is 2.46. The van der Waals surface area contributed by atoms with Crippen LogP contribution >= 0.6 is 34.8 Å². The lowest BCUT2D eigenvalue weighted by Crippen LogP contribution is -2.07. The third-order valence-corrected chi connectivity index (χ3v) is 3.27. The van der Waals surface area contributed by atoms with E-state index in [1.807, 2.05) is 0 Å². The van der Waals surface area contributed by atoms with Crippen LogP contribution in [-0.4, -0.2) is 10.8 Å². The summed E-state index contributed by atoms with van der Waals surface area (Å²) in [5.41, 5.74) is 6.37. The predicted octanol–water partition coefficient (Wildman–Crippen LogP) is 4.05. The number of nitrogens with zero attached hydrogens (tertiary/aromatic N) is 1. The van der Waals surface area contributed by atoms with E-state index < -0.39 is 0 Å². The second kappa shape index (κ2) is 5.78. The zero-order valence-electron chi connectivity index (χ0n) is 9.66. The minimum Gasteiger partial charge on any atom is -0.384 e. The highest BCUT2D eigenvalue weighted by molar-refractivity contribution is 6.42. The Balaban J connectivity index is 2.31. The first-order valence-electron chi connectivity index (χ1n) is 5.36. The van der Waals surface area contributed by atoms with Crippen LogP contribution in [0, 0.1) is 0 Å². The van der Waals surface area contributed by atoms with Crippen LogP contribution in [0.5, 0.6) is 0 Å². The van der Waals surface area contributed by atoms with Gasteiger partial charge in [0.15, 0.2) is 5.78 Å². The molecule has 0 atom stereocenters. The fraction of sp³-hybridized carbons (Fsp3) is 0.0769. The smallest absolute Gasteiger partial charge is 0.171 e. The van der Waals surface area contributed by atoms with E-state index >= 15 is 0 Å². The Labute approximate surface area is 125 Å². The van der Waals surface area contributed by atoms with Gasteiger partial charge in [-0.05, 0) is 24.3 Å². The predicted molar refractivity (Wildman–Crippen MR) is 78.2 cm³/mol. The van der Waals surface area contributed by atoms with E-state index in [1.54, 1.807) is 18.2 Å². The van der Waals surface area contributed by atoms with Gasteiger partial charge in [-0.2, -0.15) is 0 Å². The molecule has 2 rings (SSSR count). The summed E-state index contributed by atoms with van der Waals surface area (Å²) in [5, 5.41) is 0.839. The molecule has 2 aromatic rings. The molecule has 0 radical (unpaired) electrons. The van der Waals surface area contributed by atoms with Crippen LogP contribution in [0.15, 0.2) is 30.3 Å². The van der Waals surface area contributed by atoms with Crippen LogP contribution in [-0.2, 0) is 6.42 Å². The number of carbonyl (C=O) groups excluding carboxylic acids is 1. The van der Waals surface area contributed by atoms with E-state index in [2.05, 4.69) is 4.98 Å². The summed E-state index contributed by atoms with van der Waals surface area (Å²) in [5.74, 6) is 0.128. The minimum atomic E-state index is -0.232. The maximum atomic E-state index is 12.2. The number of pyridine rings is 1. The van der Waals surface area contributed by atoms with E-state index in [-0.39, 0.29) is 27.8 Å². The molecule has 0 fully saturated rings. The number of hydrogen-bond acceptors (Lipinski definition) is 3. The van der Waals surface area contributed by atoms with Crippen LogP contribution in [0.3, 0.4) is 0 Å². The van der Waals surface area contributed by atoms with Crippen LogP contribution in [0.1, 0.15) is 16.1 Å². The molecule has 0 saturated carbocycles. The quantitative estimate of drug-likeness (QED) is 0.869. The summed E-state index contributed by atoms with van der Waals surface area (Å²) in [6.07, 6.45) is 0.0755. The van der Waals surface area contributed by atoms with Gasteiger partial charge in [0.25, 0.3) is 0 Å². The molecular weight excluding hydrogens is 307 g/mol. The number of benzene rings is 1. The molecule has 98 valence electrons. The van der Waals surface area contributed by atoms with E-state index in [0.29, 0.717) is 16.5 Å². The maximum absolute atomic E-state index is 12.2. The molecule has 1 aromatic carbocycles. The average Bonchev–Trinajstić information content (AvgIpc) is 2.27. The number of halogens is 3. The van der Waals surface area contributed by atoms with Gasteiger partial charge in [-0.1, -0.05) is 40.9 Å². The molecule has 0 aliphatic carbocycles. The number of aromatic nitrogens is 1. The number of Topliss-reactive ketones (excluding diaryl/α,β-unsaturated/α-hetero) is 1. The summed E-state index contributed by atoms with van der Waals surface area (Å²) in [7, 11) is 0. The van der Waals surface area contributed by atoms with Crippen molar-refractivity contribution in [2.75, 3.05) is 5.73 Å². The van der Waals surface area contributed by atoms with E-state index in [1.165, 1.54) is 12.1 Å². The van der Waals surface area contributed by atoms with E-state index in [9.17, 15) is 4.79 Å². The SMILES string of the molecule is Nc1cccc(CC(=O)c2c(Cl)cc(Cl)cc2Cl)n1. The highest BCUT2D eigenvalue weighted by Gasteiger charge is 2.16. The van der Waals surface area contributed by atoms with Crippen molar-refractivity contribution >= 4 is 46.4 Å². The molecule has 0 aliphatic rings. The number of carbonyl (C=O) groups is 1. The van der Waals surface area contributed by atoms with Crippen LogP contribution in [0.4, 0.5) is 5.82 Å². The van der Waals surface area contributed by atoms with Gasteiger partial charge >= 0.3 is 0 Å². The molecule has 0 unspecified atom stereocenters. The van der Waals surface area contributed by atoms with Crippen molar-refractivity contribution in [2.45, 2.75) is 6.42 Å². The molecule has 0 aliphatic heterocycles. The first kappa shape index (κ1) is 14.1. The molecule has 19 heavy (non-hydrogen) atoms. The van der Waals surface area contributed by atoms with Gasteiger partial charge in [0, 0.05) is 5.02 Å². The Bertz CT molecular complexity index is 621. The minimum absolute atomic E-state index is 0.0755. The van der Waals surface area contributed by atoms with Gasteiger partial charge in [-0.15, -0.1) is 0 Å². The molecule has 0 amide bonds. The zero-order chi connectivity index (χ0) is 14.0. The first-order valence-corrected chi connectivity index (χ1v) is 6.50. The molecule has 0 saturated heterocycles. The highest BCUT2D eigenvalue weighted by atomic mass is 35.5. The molecule has 6 heteroatoms. The van der Waals surface area contributed by atoms with Gasteiger partial charge in [-0.3, -0.25) is 4.79 Å². The Hall–Kier alpha value is -1.29. The topological polar surface area (TPSA) is 56.0 Å². The van der Waals surface area contributed by atoms with Crippen molar-refractivity contribution < 1.29 is 4.79 Å². The van der Waals surface area contributed by atoms with Gasteiger partial charge < -0.3 is 5.73 Å². The second-order valence-corrected chi connectivity index (χ2v) is 5.15. The van der Waals surface area contributed by atoms with Crippen molar-refractivity contribution in [3.05, 3.63) is 56.7 Å². The normalized spacial score (nSPS) is 10.5. The molecule has 3 nitrogen and oxygen atoms in total. The van der Waals surface area contributed by atoms with Crippen molar-refractivity contribution in [3.8, 4) is 0 Å². The number of rotatable bonds is 3. The number of nitrogen functional groups attached to an aromatic ring is 1.